The Labute approximate surface area is 891 Å². The zero-order chi connectivity index (χ0) is 105. The molecule has 0 bridgehead atoms. The largest absolute Gasteiger partial charge is 1.00 e. The fourth-order valence-corrected chi connectivity index (χ4v) is 14.3. The molecule has 0 fully saturated rings. The van der Waals surface area contributed by atoms with Gasteiger partial charge in [0.2, 0.25) is 23.6 Å². The van der Waals surface area contributed by atoms with Crippen LogP contribution in [0.15, 0.2) is 327 Å². The topological polar surface area (TPSA) is 622 Å². The molecule has 12 N–H and O–H groups in total. The minimum Gasteiger partial charge on any atom is -0.508 e. The second-order valence-corrected chi connectivity index (χ2v) is 32.3. The number of hydrogen-bond acceptors (Lipinski definition) is 32. The van der Waals surface area contributed by atoms with Gasteiger partial charge >= 0.3 is 92.3 Å². The Morgan fingerprint density at radius 2 is 0.694 bits per heavy atom. The first-order valence-corrected chi connectivity index (χ1v) is 45.3. The number of cyclic esters (lactones) is 2. The average molecular weight is 2050 g/mol. The fourth-order valence-electron chi connectivity index (χ4n) is 14.3. The molecule has 42 nitrogen and oxygen atoms in total. The first-order chi connectivity index (χ1) is 69.5. The maximum atomic E-state index is 12.8. The summed E-state index contributed by atoms with van der Waals surface area (Å²) in [5, 5.41) is 76.3. The number of azo groups is 2. The molecule has 0 aromatic heterocycles. The van der Waals surface area contributed by atoms with E-state index in [2.05, 4.69) is 154 Å². The number of esters is 2. The number of phenolic OH excluding ortho intramolecular Hbond substituents is 4. The molecule has 46 heteroatoms. The van der Waals surface area contributed by atoms with E-state index in [1.165, 1.54) is 76.6 Å². The van der Waals surface area contributed by atoms with Gasteiger partial charge in [-0.3, -0.25) is 19.2 Å². The summed E-state index contributed by atoms with van der Waals surface area (Å²) in [7, 11) is 9.60. The Hall–Kier alpha value is -16.8. The van der Waals surface area contributed by atoms with E-state index in [-0.39, 0.29) is 126 Å². The van der Waals surface area contributed by atoms with Crippen LogP contribution in [0.3, 0.4) is 0 Å². The van der Waals surface area contributed by atoms with E-state index in [9.17, 15) is 49.2 Å². The second-order valence-electron chi connectivity index (χ2n) is 31.5. The number of ether oxygens (including phenoxy) is 3. The molecule has 0 saturated carbocycles. The zero-order valence-corrected chi connectivity index (χ0v) is 86.7. The van der Waals surface area contributed by atoms with Crippen molar-refractivity contribution < 1.29 is 148 Å². The van der Waals surface area contributed by atoms with Gasteiger partial charge in [-0.15, -0.1) is 49.5 Å². The van der Waals surface area contributed by atoms with Gasteiger partial charge in [-0.05, 0) is 202 Å². The van der Waals surface area contributed by atoms with Crippen LogP contribution >= 0.6 is 0 Å². The van der Waals surface area contributed by atoms with Gasteiger partial charge in [0.15, 0.2) is 11.2 Å². The number of anilines is 8. The van der Waals surface area contributed by atoms with Gasteiger partial charge in [0.25, 0.3) is 0 Å². The molecule has 2 aliphatic rings. The van der Waals surface area contributed by atoms with Gasteiger partial charge in [-0.2, -0.15) is 56.9 Å². The standard InChI is InChI=1S/C25H29N5O.C22H16N4O5.C22H18N2O5.C16H16N7O.C16H18N5O.2Na.2O3S/c1-29(2)22-11-5-19(6-12-22)25(20-7-13-23(14-8-20)30(3)4)21-9-15-24(16-10-21)31-18-17-27-28-26;23-26-24-12-20(29)25-15-5-10-18-19(11-15)22(31-21(18)30,13-1-6-16(27)7-2-13)14-3-8-17(28)9-4-14;23-12-20(27)24-15-5-10-18-19(11-15)22(29-21(18)28,13-1-6-16(25)7-2-13)14-3-8-17(26)9-4-14;1-23(2)13-8-9-14(21-20-12-6-4-3-5-7-12)15(10-13)19-16(24)11-18-22-17;1-21(2)13-8-9-14(15(10-13)18-16(22)11-17)20-19-12-6-4-3-5-7-12;;;2*1-4(2)3/h5-16,25H,17-18H2,1-4H3;1-11,27-28H,12H2,(H,25,29);1-11,25-26H,12,23H2,(H,24,27);4-10H,11H2,1-2H3,(H,19,24);4-10H,11,17H2,1-2H3,(H,18,22);;;;/q;;;2*-1;2*+1;;. The molecule has 0 atom stereocenters. The predicted molar refractivity (Wildman–Crippen MR) is 545 cm³/mol. The molecule has 2 heterocycles. The number of hydrogen-bond donors (Lipinski definition) is 10. The smallest absolute Gasteiger partial charge is 0.508 e. The Balaban J connectivity index is 0.000000244. The van der Waals surface area contributed by atoms with Crippen molar-refractivity contribution >= 4 is 125 Å². The van der Waals surface area contributed by atoms with Crippen LogP contribution in [0, 0.1) is 12.1 Å². The third-order valence-corrected chi connectivity index (χ3v) is 21.0. The summed E-state index contributed by atoms with van der Waals surface area (Å²) in [5.74, 6) is -1.52. The molecule has 2 aliphatic heterocycles. The van der Waals surface area contributed by atoms with Gasteiger partial charge in [-0.1, -0.05) is 100 Å². The average Bonchev–Trinajstić information content (AvgIpc) is 1.57. The molecule has 744 valence electrons. The maximum absolute atomic E-state index is 12.8. The summed E-state index contributed by atoms with van der Waals surface area (Å²) < 4.78 is 68.2. The van der Waals surface area contributed by atoms with Crippen molar-refractivity contribution in [1.29, 1.82) is 0 Å². The van der Waals surface area contributed by atoms with Gasteiger partial charge in [-0.25, -0.2) is 9.59 Å². The van der Waals surface area contributed by atoms with Crippen molar-refractivity contribution in [3.63, 3.8) is 0 Å². The van der Waals surface area contributed by atoms with E-state index in [4.69, 9.17) is 67.5 Å². The van der Waals surface area contributed by atoms with Gasteiger partial charge in [0, 0.05) is 145 Å². The van der Waals surface area contributed by atoms with Crippen LogP contribution < -0.4 is 116 Å². The van der Waals surface area contributed by atoms with E-state index in [1.54, 1.807) is 152 Å². The normalized spacial score (nSPS) is 11.5. The van der Waals surface area contributed by atoms with Crippen molar-refractivity contribution in [3.05, 3.63) is 396 Å². The predicted octanol–water partition coefficient (Wildman–Crippen LogP) is 11.0. The van der Waals surface area contributed by atoms with E-state index in [0.29, 0.717) is 103 Å². The molecular formula is C101H97N23Na2O19S2. The Kier molecular flexibility index (Phi) is 46.3. The molecule has 0 radical (unpaired) electrons. The number of carbonyl (C=O) groups is 6. The number of fused-ring (bicyclic) bond motifs is 2. The molecule has 4 amide bonds. The maximum Gasteiger partial charge on any atom is 1.00 e. The van der Waals surface area contributed by atoms with Crippen LogP contribution in [-0.2, 0) is 61.1 Å². The Morgan fingerprint density at radius 3 is 1.01 bits per heavy atom. The van der Waals surface area contributed by atoms with Crippen LogP contribution in [0.4, 0.5) is 68.2 Å². The molecule has 13 aromatic carbocycles. The molecule has 0 spiro atoms. The third-order valence-electron chi connectivity index (χ3n) is 21.0. The molecule has 0 unspecified atom stereocenters. The third kappa shape index (κ3) is 34.2. The van der Waals surface area contributed by atoms with Crippen molar-refractivity contribution in [1.82, 2.24) is 0 Å². The van der Waals surface area contributed by atoms with E-state index < -0.39 is 56.2 Å². The number of nitrogens with one attached hydrogen (secondary N) is 4. The number of nitrogens with zero attached hydrogens (tertiary/aromatic N) is 17. The minimum atomic E-state index is -3.11. The van der Waals surface area contributed by atoms with Crippen LogP contribution in [-0.4, -0.2) is 177 Å². The SMILES string of the molecule is CN(C)c1ccc(C(c2ccc(OCCN=[N+]=[N-])cc2)c2ccc(N(C)C)cc2)cc1.CN(C)c1ccc(N=Nc2cc[c-]cc2)c(NC(=O)CN)c1.CN(C)c1ccc(N=Nc2cc[c-]cc2)c(NC(=O)CN=[N+]=[N-])c1.NCC(=O)Nc1ccc2c(c1)C(c1ccc(O)cc1)(c1ccc(O)cc1)OC2=O.O=S(=O)=O.O=S(=O)=O.[N-]=[N+]=NCC(=O)Nc1ccc2c(c1)C(c1ccc(O)cc1)(c1ccc(O)cc1)OC2=O.[Na+].[Na+]. The summed E-state index contributed by atoms with van der Waals surface area (Å²) in [4.78, 5) is 88.5. The number of aromatic hydroxyl groups is 4. The van der Waals surface area contributed by atoms with Crippen molar-refractivity contribution in [2.24, 2.45) is 47.3 Å². The summed E-state index contributed by atoms with van der Waals surface area (Å²) in [6.07, 6.45) is 0. The second kappa shape index (κ2) is 58.1. The minimum absolute atomic E-state index is 0. The number of phenols is 4. The van der Waals surface area contributed by atoms with Crippen LogP contribution in [0.1, 0.15) is 76.7 Å². The first-order valence-electron chi connectivity index (χ1n) is 43.3. The van der Waals surface area contributed by atoms with Crippen LogP contribution in [0.25, 0.3) is 31.3 Å². The Morgan fingerprint density at radius 1 is 0.395 bits per heavy atom. The molecule has 13 aromatic rings. The zero-order valence-electron chi connectivity index (χ0n) is 81.0. The number of amides is 4. The number of rotatable bonds is 29. The van der Waals surface area contributed by atoms with Crippen LogP contribution in [0.2, 0.25) is 0 Å². The molecule has 0 aliphatic carbocycles. The van der Waals surface area contributed by atoms with Crippen LogP contribution in [0.5, 0.6) is 28.7 Å². The number of benzene rings is 13. The summed E-state index contributed by atoms with van der Waals surface area (Å²) in [5.41, 5.74) is 49.4. The number of azide groups is 3. The van der Waals surface area contributed by atoms with Crippen molar-refractivity contribution in [2.45, 2.75) is 17.1 Å². The van der Waals surface area contributed by atoms with Gasteiger partial charge in [0.1, 0.15) is 53.2 Å². The van der Waals surface area contributed by atoms with E-state index in [1.807, 2.05) is 96.5 Å². The number of carbonyl (C=O) groups excluding carboxylic acids is 6. The summed E-state index contributed by atoms with van der Waals surface area (Å²) in [6, 6.07) is 91.2. The molecule has 15 rings (SSSR count). The van der Waals surface area contributed by atoms with E-state index >= 15 is 0 Å². The summed E-state index contributed by atoms with van der Waals surface area (Å²) >= 11 is 0. The van der Waals surface area contributed by atoms with Crippen molar-refractivity contribution in [2.75, 3.05) is 137 Å². The fraction of sp³-hybridized carbons (Fsp3) is 0.168. The molecular weight excluding hydrogens is 1950 g/mol. The molecule has 0 saturated heterocycles. The Bertz CT molecular complexity index is 6990. The monoisotopic (exact) mass is 2050 g/mol. The van der Waals surface area contributed by atoms with Gasteiger partial charge in [0.05, 0.1) is 48.7 Å². The quantitative estimate of drug-likeness (QED) is 0.00304. The molecule has 147 heavy (non-hydrogen) atoms. The number of nitrogens with two attached hydrogens (primary N) is 2. The summed E-state index contributed by atoms with van der Waals surface area (Å²) in [6.45, 7) is -0.231. The van der Waals surface area contributed by atoms with Gasteiger partial charge < -0.3 is 87.0 Å². The van der Waals surface area contributed by atoms with Crippen molar-refractivity contribution in [3.8, 4) is 28.7 Å². The first kappa shape index (κ1) is 117. The van der Waals surface area contributed by atoms with E-state index in [0.717, 1.165) is 17.1 Å².